The van der Waals surface area contributed by atoms with Crippen molar-refractivity contribution in [2.75, 3.05) is 5.32 Å². The largest absolute Gasteiger partial charge is 0.508 e. The first-order valence-electron chi connectivity index (χ1n) is 8.33. The van der Waals surface area contributed by atoms with Gasteiger partial charge in [-0.2, -0.15) is 4.98 Å². The first kappa shape index (κ1) is 18.3. The van der Waals surface area contributed by atoms with Gasteiger partial charge in [0.2, 0.25) is 11.9 Å². The maximum absolute atomic E-state index is 12.2. The lowest BCUT2D eigenvalue weighted by atomic mass is 9.95. The van der Waals surface area contributed by atoms with E-state index in [0.717, 1.165) is 0 Å². The van der Waals surface area contributed by atoms with Crippen LogP contribution in [-0.2, 0) is 4.79 Å². The number of hydrogen-bond acceptors (Lipinski definition) is 5. The molecule has 3 aromatic rings. The van der Waals surface area contributed by atoms with E-state index in [-0.39, 0.29) is 5.75 Å². The molecule has 9 heteroatoms. The normalized spacial score (nSPS) is 15.9. The minimum absolute atomic E-state index is 0.0730. The van der Waals surface area contributed by atoms with E-state index in [1.54, 1.807) is 54.1 Å². The molecule has 0 fully saturated rings. The van der Waals surface area contributed by atoms with Crippen LogP contribution in [0.2, 0.25) is 10.0 Å². The highest BCUT2D eigenvalue weighted by molar-refractivity contribution is 6.42. The van der Waals surface area contributed by atoms with Crippen LogP contribution >= 0.6 is 23.2 Å². The smallest absolute Gasteiger partial charge is 0.248 e. The molecule has 0 spiro atoms. The summed E-state index contributed by atoms with van der Waals surface area (Å²) in [5, 5.41) is 18.3. The molecule has 1 aromatic heterocycles. The van der Waals surface area contributed by atoms with Gasteiger partial charge in [-0.15, -0.1) is 5.10 Å². The molecule has 4 N–H and O–H groups in total. The van der Waals surface area contributed by atoms with Crippen molar-refractivity contribution in [3.63, 3.8) is 0 Å². The molecule has 0 saturated carbocycles. The number of carbonyl (C=O) groups excluding carboxylic acids is 1. The number of aromatic nitrogens is 3. The minimum Gasteiger partial charge on any atom is -0.508 e. The molecule has 2 heterocycles. The van der Waals surface area contributed by atoms with E-state index in [1.165, 1.54) is 0 Å². The third kappa shape index (κ3) is 3.08. The third-order valence-electron chi connectivity index (χ3n) is 4.48. The second-order valence-electron chi connectivity index (χ2n) is 6.36. The summed E-state index contributed by atoms with van der Waals surface area (Å²) < 4.78 is 1.57. The van der Waals surface area contributed by atoms with E-state index >= 15 is 0 Å². The van der Waals surface area contributed by atoms with Crippen molar-refractivity contribution >= 4 is 35.1 Å². The SMILES string of the molecule is CC1=C(C(N)=O)C(c2cccc(O)c2)n2nc(-c3ccc(Cl)c(Cl)c3)nc2N1. The number of allylic oxidation sites excluding steroid dienone is 1. The number of nitrogens with two attached hydrogens (primary N) is 1. The fourth-order valence-corrected chi connectivity index (χ4v) is 3.53. The Morgan fingerprint density at radius 1 is 1.21 bits per heavy atom. The molecule has 0 radical (unpaired) electrons. The molecule has 4 rings (SSSR count). The monoisotopic (exact) mass is 415 g/mol. The Labute approximate surface area is 170 Å². The Kier molecular flexibility index (Phi) is 4.49. The van der Waals surface area contributed by atoms with Crippen molar-refractivity contribution in [3.8, 4) is 17.1 Å². The number of nitrogens with one attached hydrogen (secondary N) is 1. The number of halogens is 2. The number of rotatable bonds is 3. The molecular formula is C19H15Cl2N5O2. The van der Waals surface area contributed by atoms with Gasteiger partial charge in [-0.25, -0.2) is 4.68 Å². The zero-order valence-corrected chi connectivity index (χ0v) is 16.2. The van der Waals surface area contributed by atoms with Crippen LogP contribution in [0.15, 0.2) is 53.7 Å². The highest BCUT2D eigenvalue weighted by Crippen LogP contribution is 2.37. The van der Waals surface area contributed by atoms with E-state index in [0.29, 0.717) is 44.2 Å². The average Bonchev–Trinajstić information content (AvgIpc) is 3.06. The highest BCUT2D eigenvalue weighted by atomic mass is 35.5. The van der Waals surface area contributed by atoms with Crippen LogP contribution in [-0.4, -0.2) is 25.8 Å². The van der Waals surface area contributed by atoms with Gasteiger partial charge in [-0.3, -0.25) is 4.79 Å². The molecule has 0 saturated heterocycles. The zero-order chi connectivity index (χ0) is 20.0. The van der Waals surface area contributed by atoms with Gasteiger partial charge >= 0.3 is 0 Å². The van der Waals surface area contributed by atoms with E-state index in [2.05, 4.69) is 15.4 Å². The second-order valence-corrected chi connectivity index (χ2v) is 7.17. The van der Waals surface area contributed by atoms with Crippen LogP contribution in [0.25, 0.3) is 11.4 Å². The Morgan fingerprint density at radius 2 is 2.00 bits per heavy atom. The number of primary amides is 1. The summed E-state index contributed by atoms with van der Waals surface area (Å²) in [6, 6.07) is 11.1. The molecular weight excluding hydrogens is 401 g/mol. The van der Waals surface area contributed by atoms with Crippen LogP contribution in [0.4, 0.5) is 5.95 Å². The average molecular weight is 416 g/mol. The molecule has 1 amide bonds. The van der Waals surface area contributed by atoms with Gasteiger partial charge in [-0.05, 0) is 42.8 Å². The summed E-state index contributed by atoms with van der Waals surface area (Å²) in [5.74, 6) is 0.334. The first-order chi connectivity index (χ1) is 13.3. The fraction of sp³-hybridized carbons (Fsp3) is 0.105. The zero-order valence-electron chi connectivity index (χ0n) is 14.6. The maximum atomic E-state index is 12.2. The van der Waals surface area contributed by atoms with E-state index < -0.39 is 11.9 Å². The Hall–Kier alpha value is -3.03. The number of nitrogens with zero attached hydrogens (tertiary/aromatic N) is 3. The van der Waals surface area contributed by atoms with Crippen molar-refractivity contribution in [1.29, 1.82) is 0 Å². The third-order valence-corrected chi connectivity index (χ3v) is 5.22. The van der Waals surface area contributed by atoms with E-state index in [9.17, 15) is 9.90 Å². The summed E-state index contributed by atoms with van der Waals surface area (Å²) in [6.45, 7) is 1.74. The number of carbonyl (C=O) groups is 1. The van der Waals surface area contributed by atoms with Gasteiger partial charge in [0.15, 0.2) is 5.82 Å². The number of phenolic OH excluding ortho intramolecular Hbond substituents is 1. The number of aromatic hydroxyl groups is 1. The van der Waals surface area contributed by atoms with Crippen LogP contribution in [0.3, 0.4) is 0 Å². The Bertz CT molecular complexity index is 1140. The molecule has 2 aromatic carbocycles. The summed E-state index contributed by atoms with van der Waals surface area (Å²) >= 11 is 12.1. The predicted octanol–water partition coefficient (Wildman–Crippen LogP) is 3.73. The van der Waals surface area contributed by atoms with Gasteiger partial charge in [0.1, 0.15) is 11.8 Å². The Morgan fingerprint density at radius 3 is 2.68 bits per heavy atom. The highest BCUT2D eigenvalue weighted by Gasteiger charge is 2.33. The van der Waals surface area contributed by atoms with Crippen LogP contribution < -0.4 is 11.1 Å². The number of fused-ring (bicyclic) bond motifs is 1. The van der Waals surface area contributed by atoms with Gasteiger partial charge < -0.3 is 16.2 Å². The minimum atomic E-state index is -0.634. The van der Waals surface area contributed by atoms with Crippen LogP contribution in [0, 0.1) is 0 Å². The molecule has 142 valence electrons. The van der Waals surface area contributed by atoms with Gasteiger partial charge in [-0.1, -0.05) is 35.3 Å². The van der Waals surface area contributed by atoms with Gasteiger partial charge in [0.05, 0.1) is 15.6 Å². The van der Waals surface area contributed by atoms with Crippen molar-refractivity contribution in [1.82, 2.24) is 14.8 Å². The van der Waals surface area contributed by atoms with Crippen molar-refractivity contribution < 1.29 is 9.90 Å². The molecule has 0 bridgehead atoms. The molecule has 0 aliphatic carbocycles. The lowest BCUT2D eigenvalue weighted by Gasteiger charge is -2.27. The van der Waals surface area contributed by atoms with Gasteiger partial charge in [0.25, 0.3) is 0 Å². The summed E-state index contributed by atoms with van der Waals surface area (Å²) in [5.41, 5.74) is 7.88. The van der Waals surface area contributed by atoms with E-state index in [4.69, 9.17) is 28.9 Å². The van der Waals surface area contributed by atoms with Crippen LogP contribution in [0.1, 0.15) is 18.5 Å². The Balaban J connectivity index is 1.89. The molecule has 7 nitrogen and oxygen atoms in total. The molecule has 1 atom stereocenters. The van der Waals surface area contributed by atoms with Crippen LogP contribution in [0.5, 0.6) is 5.75 Å². The predicted molar refractivity (Wildman–Crippen MR) is 107 cm³/mol. The molecule has 1 aliphatic heterocycles. The summed E-state index contributed by atoms with van der Waals surface area (Å²) in [6.07, 6.45) is 0. The van der Waals surface area contributed by atoms with Crippen molar-refractivity contribution in [2.24, 2.45) is 5.73 Å². The molecule has 28 heavy (non-hydrogen) atoms. The number of anilines is 1. The number of benzene rings is 2. The quantitative estimate of drug-likeness (QED) is 0.603. The molecule has 1 aliphatic rings. The maximum Gasteiger partial charge on any atom is 0.248 e. The summed E-state index contributed by atoms with van der Waals surface area (Å²) in [4.78, 5) is 16.7. The first-order valence-corrected chi connectivity index (χ1v) is 9.09. The topological polar surface area (TPSA) is 106 Å². The fourth-order valence-electron chi connectivity index (χ4n) is 3.23. The number of phenols is 1. The standard InChI is InChI=1S/C19H15Cl2N5O2/c1-9-15(17(22)28)16(10-3-2-4-12(27)7-10)26-19(23-9)24-18(25-26)11-5-6-13(20)14(21)8-11/h2-8,16,27H,1H3,(H2,22,28)(H,23,24,25). The molecule has 1 unspecified atom stereocenters. The summed E-state index contributed by atoms with van der Waals surface area (Å²) in [7, 11) is 0. The van der Waals surface area contributed by atoms with E-state index in [1.807, 2.05) is 0 Å². The number of hydrogen-bond donors (Lipinski definition) is 3. The second kappa shape index (κ2) is 6.85. The van der Waals surface area contributed by atoms with Gasteiger partial charge in [0, 0.05) is 11.3 Å². The van der Waals surface area contributed by atoms with Crippen molar-refractivity contribution in [3.05, 3.63) is 69.3 Å². The van der Waals surface area contributed by atoms with Crippen molar-refractivity contribution in [2.45, 2.75) is 13.0 Å². The lowest BCUT2D eigenvalue weighted by Crippen LogP contribution is -2.31. The lowest BCUT2D eigenvalue weighted by molar-refractivity contribution is -0.115. The number of amides is 1.